The number of nitrogens with zero attached hydrogens (tertiary/aromatic N) is 1. The van der Waals surface area contributed by atoms with Crippen LogP contribution in [0.1, 0.15) is 85.5 Å². The Hall–Kier alpha value is 0.0969. The lowest BCUT2D eigenvalue weighted by Crippen LogP contribution is -2.39. The highest BCUT2D eigenvalue weighted by molar-refractivity contribution is 6.66. The Morgan fingerprint density at radius 3 is 1.50 bits per heavy atom. The van der Waals surface area contributed by atoms with E-state index in [9.17, 15) is 0 Å². The van der Waals surface area contributed by atoms with Crippen LogP contribution < -0.4 is 0 Å². The number of hydrogen-bond donors (Lipinski definition) is 0. The molecule has 0 aromatic rings. The van der Waals surface area contributed by atoms with Crippen molar-refractivity contribution in [2.24, 2.45) is 0 Å². The SMILES string of the molecule is CCCCCCN(CCCCCC)CCC[Si](C)(OCC)OCC. The summed E-state index contributed by atoms with van der Waals surface area (Å²) in [7, 11) is -1.93. The maximum atomic E-state index is 5.98. The fourth-order valence-corrected chi connectivity index (χ4v) is 5.67. The predicted octanol–water partition coefficient (Wildman–Crippen LogP) is 5.98. The van der Waals surface area contributed by atoms with Gasteiger partial charge < -0.3 is 13.8 Å². The Morgan fingerprint density at radius 1 is 0.625 bits per heavy atom. The van der Waals surface area contributed by atoms with Crippen molar-refractivity contribution in [3.8, 4) is 0 Å². The van der Waals surface area contributed by atoms with Gasteiger partial charge in [0.25, 0.3) is 0 Å². The first kappa shape index (κ1) is 24.1. The van der Waals surface area contributed by atoms with Gasteiger partial charge in [-0.3, -0.25) is 0 Å². The Balaban J connectivity index is 4.19. The fourth-order valence-electron chi connectivity index (χ4n) is 3.28. The Morgan fingerprint density at radius 2 is 1.08 bits per heavy atom. The molecule has 0 N–H and O–H groups in total. The van der Waals surface area contributed by atoms with Crippen LogP contribution in [0.25, 0.3) is 0 Å². The first-order chi connectivity index (χ1) is 11.6. The van der Waals surface area contributed by atoms with Crippen LogP contribution in [-0.4, -0.2) is 46.3 Å². The van der Waals surface area contributed by atoms with Crippen molar-refractivity contribution < 1.29 is 8.85 Å². The monoisotopic (exact) mass is 359 g/mol. The molecule has 0 saturated heterocycles. The fraction of sp³-hybridized carbons (Fsp3) is 1.00. The zero-order valence-electron chi connectivity index (χ0n) is 17.4. The van der Waals surface area contributed by atoms with Crippen LogP contribution in [0.5, 0.6) is 0 Å². The van der Waals surface area contributed by atoms with E-state index >= 15 is 0 Å². The molecule has 24 heavy (non-hydrogen) atoms. The molecule has 3 nitrogen and oxygen atoms in total. The molecule has 0 spiro atoms. The summed E-state index contributed by atoms with van der Waals surface area (Å²) in [5.41, 5.74) is 0. The second kappa shape index (κ2) is 16.6. The number of rotatable bonds is 18. The van der Waals surface area contributed by atoms with Crippen molar-refractivity contribution in [2.75, 3.05) is 32.8 Å². The third kappa shape index (κ3) is 13.4. The minimum absolute atomic E-state index is 0.778. The highest BCUT2D eigenvalue weighted by Gasteiger charge is 2.30. The summed E-state index contributed by atoms with van der Waals surface area (Å²) in [6.45, 7) is 16.3. The minimum Gasteiger partial charge on any atom is -0.395 e. The molecule has 0 rings (SSSR count). The second-order valence-corrected chi connectivity index (χ2v) is 10.4. The second-order valence-electron chi connectivity index (χ2n) is 7.07. The van der Waals surface area contributed by atoms with Gasteiger partial charge in [0.1, 0.15) is 0 Å². The Bertz CT molecular complexity index is 246. The van der Waals surface area contributed by atoms with Gasteiger partial charge in [-0.2, -0.15) is 0 Å². The molecular weight excluding hydrogens is 314 g/mol. The molecule has 0 aliphatic rings. The average molecular weight is 360 g/mol. The summed E-state index contributed by atoms with van der Waals surface area (Å²) in [4.78, 5) is 2.69. The minimum atomic E-state index is -1.93. The first-order valence-corrected chi connectivity index (χ1v) is 13.1. The van der Waals surface area contributed by atoms with Gasteiger partial charge in [0.05, 0.1) is 0 Å². The largest absolute Gasteiger partial charge is 0.395 e. The van der Waals surface area contributed by atoms with Crippen molar-refractivity contribution in [3.63, 3.8) is 0 Å². The molecule has 4 heteroatoms. The Kier molecular flexibility index (Phi) is 16.6. The molecule has 0 amide bonds. The first-order valence-electron chi connectivity index (χ1n) is 10.6. The number of unbranched alkanes of at least 4 members (excludes halogenated alkanes) is 6. The number of hydrogen-bond acceptors (Lipinski definition) is 3. The van der Waals surface area contributed by atoms with Crippen molar-refractivity contribution in [1.29, 1.82) is 0 Å². The molecule has 0 bridgehead atoms. The molecule has 0 radical (unpaired) electrons. The molecule has 0 aliphatic carbocycles. The molecule has 0 fully saturated rings. The van der Waals surface area contributed by atoms with Crippen LogP contribution in [-0.2, 0) is 8.85 Å². The third-order valence-corrected chi connectivity index (χ3v) is 7.72. The van der Waals surface area contributed by atoms with E-state index in [1.165, 1.54) is 77.4 Å². The zero-order chi connectivity index (χ0) is 18.1. The van der Waals surface area contributed by atoms with E-state index in [1.807, 2.05) is 0 Å². The van der Waals surface area contributed by atoms with Crippen molar-refractivity contribution >= 4 is 8.56 Å². The van der Waals surface area contributed by atoms with Crippen LogP contribution in [0.15, 0.2) is 0 Å². The maximum Gasteiger partial charge on any atom is 0.334 e. The molecule has 0 heterocycles. The van der Waals surface area contributed by atoms with Gasteiger partial charge in [-0.05, 0) is 65.3 Å². The van der Waals surface area contributed by atoms with Crippen molar-refractivity contribution in [3.05, 3.63) is 0 Å². The molecule has 0 unspecified atom stereocenters. The van der Waals surface area contributed by atoms with E-state index in [0.717, 1.165) is 19.3 Å². The molecule has 0 aliphatic heterocycles. The lowest BCUT2D eigenvalue weighted by molar-refractivity contribution is 0.185. The average Bonchev–Trinajstić information content (AvgIpc) is 2.55. The van der Waals surface area contributed by atoms with Crippen LogP contribution in [0.2, 0.25) is 12.6 Å². The topological polar surface area (TPSA) is 21.7 Å². The van der Waals surface area contributed by atoms with Gasteiger partial charge in [-0.1, -0.05) is 52.4 Å². The summed E-state index contributed by atoms with van der Waals surface area (Å²) < 4.78 is 12.0. The summed E-state index contributed by atoms with van der Waals surface area (Å²) in [6.07, 6.45) is 12.1. The van der Waals surface area contributed by atoms with Crippen LogP contribution in [0.4, 0.5) is 0 Å². The summed E-state index contributed by atoms with van der Waals surface area (Å²) >= 11 is 0. The van der Waals surface area contributed by atoms with Crippen molar-refractivity contribution in [1.82, 2.24) is 4.90 Å². The molecule has 0 atom stereocenters. The summed E-state index contributed by atoms with van der Waals surface area (Å²) in [6, 6.07) is 1.12. The van der Waals surface area contributed by atoms with Gasteiger partial charge >= 0.3 is 8.56 Å². The normalized spacial score (nSPS) is 12.2. The lowest BCUT2D eigenvalue weighted by atomic mass is 10.1. The van der Waals surface area contributed by atoms with Crippen molar-refractivity contribution in [2.45, 2.75) is 98.1 Å². The van der Waals surface area contributed by atoms with Gasteiger partial charge in [-0.25, -0.2) is 0 Å². The summed E-state index contributed by atoms with van der Waals surface area (Å²) in [5.74, 6) is 0. The van der Waals surface area contributed by atoms with E-state index in [4.69, 9.17) is 8.85 Å². The lowest BCUT2D eigenvalue weighted by Gasteiger charge is -2.28. The van der Waals surface area contributed by atoms with Gasteiger partial charge in [0, 0.05) is 13.2 Å². The van der Waals surface area contributed by atoms with Crippen LogP contribution in [0.3, 0.4) is 0 Å². The van der Waals surface area contributed by atoms with Gasteiger partial charge in [0.15, 0.2) is 0 Å². The van der Waals surface area contributed by atoms with Gasteiger partial charge in [0.2, 0.25) is 0 Å². The zero-order valence-corrected chi connectivity index (χ0v) is 18.4. The molecule has 0 aromatic heterocycles. The van der Waals surface area contributed by atoms with E-state index < -0.39 is 8.56 Å². The highest BCUT2D eigenvalue weighted by Crippen LogP contribution is 2.17. The highest BCUT2D eigenvalue weighted by atomic mass is 28.4. The van der Waals surface area contributed by atoms with E-state index in [-0.39, 0.29) is 0 Å². The van der Waals surface area contributed by atoms with E-state index in [2.05, 4.69) is 39.1 Å². The van der Waals surface area contributed by atoms with E-state index in [0.29, 0.717) is 0 Å². The van der Waals surface area contributed by atoms with Crippen LogP contribution in [0, 0.1) is 0 Å². The quantitative estimate of drug-likeness (QED) is 0.222. The standard InChI is InChI=1S/C20H45NO2Si/c1-6-10-12-14-17-21(18-15-13-11-7-2)19-16-20-24(5,22-8-3)23-9-4/h6-20H2,1-5H3. The van der Waals surface area contributed by atoms with Gasteiger partial charge in [-0.15, -0.1) is 0 Å². The predicted molar refractivity (Wildman–Crippen MR) is 109 cm³/mol. The maximum absolute atomic E-state index is 5.98. The van der Waals surface area contributed by atoms with Crippen LogP contribution >= 0.6 is 0 Å². The molecular formula is C20H45NO2Si. The molecule has 0 aromatic carbocycles. The van der Waals surface area contributed by atoms with E-state index in [1.54, 1.807) is 0 Å². The molecule has 146 valence electrons. The third-order valence-electron chi connectivity index (χ3n) is 4.66. The molecule has 0 saturated carbocycles. The Labute approximate surface area is 153 Å². The smallest absolute Gasteiger partial charge is 0.334 e. The summed E-state index contributed by atoms with van der Waals surface area (Å²) in [5, 5.41) is 0.